The molecule has 0 heterocycles. The van der Waals surface area contributed by atoms with Crippen LogP contribution in [0.25, 0.3) is 0 Å². The molecule has 0 saturated heterocycles. The minimum atomic E-state index is 0.881. The van der Waals surface area contributed by atoms with Gasteiger partial charge in [0, 0.05) is 25.2 Å². The van der Waals surface area contributed by atoms with Crippen molar-refractivity contribution in [2.75, 3.05) is 40.3 Å². The predicted octanol–water partition coefficient (Wildman–Crippen LogP) is 3.09. The summed E-state index contributed by atoms with van der Waals surface area (Å²) in [6.07, 6.45) is 17.9. The third-order valence-corrected chi connectivity index (χ3v) is 5.07. The van der Waals surface area contributed by atoms with Gasteiger partial charge in [0.2, 0.25) is 0 Å². The second-order valence-electron chi connectivity index (χ2n) is 6.89. The van der Waals surface area contributed by atoms with Crippen molar-refractivity contribution in [2.45, 2.75) is 20.3 Å². The molecule has 0 aromatic rings. The Kier molecular flexibility index (Phi) is 7.59. The summed E-state index contributed by atoms with van der Waals surface area (Å²) < 4.78 is 4.19. The van der Waals surface area contributed by atoms with E-state index in [2.05, 4.69) is 110 Å². The van der Waals surface area contributed by atoms with Gasteiger partial charge in [-0.2, -0.15) is 12.2 Å². The summed E-state index contributed by atoms with van der Waals surface area (Å²) in [6.45, 7) is 16.6. The summed E-state index contributed by atoms with van der Waals surface area (Å²) in [5.74, 6) is 0. The van der Waals surface area contributed by atoms with E-state index in [1.54, 1.807) is 0 Å². The molecule has 0 bridgehead atoms. The van der Waals surface area contributed by atoms with Gasteiger partial charge in [-0.05, 0) is 27.9 Å². The normalized spacial score (nSPS) is 15.6. The van der Waals surface area contributed by atoms with Crippen molar-refractivity contribution >= 4 is 13.4 Å². The lowest BCUT2D eigenvalue weighted by atomic mass is 10.0. The van der Waals surface area contributed by atoms with Crippen molar-refractivity contribution in [2.24, 2.45) is 0 Å². The van der Waals surface area contributed by atoms with E-state index in [1.807, 2.05) is 0 Å². The topological polar surface area (TPSA) is 12.5 Å². The van der Waals surface area contributed by atoms with Crippen LogP contribution in [0, 0.1) is 24.9 Å². The number of allylic oxidation sites excluding steroid dienone is 4. The second kappa shape index (κ2) is 9.91. The lowest BCUT2D eigenvalue weighted by Crippen LogP contribution is -2.32. The number of hydrogen-bond donors (Lipinski definition) is 0. The first-order valence-electron chi connectivity index (χ1n) is 9.76. The summed E-state index contributed by atoms with van der Waals surface area (Å²) in [7, 11) is 4.23. The number of likely N-dealkylation sites (N-methyl/N-ethyl adjacent to an activating group) is 2. The van der Waals surface area contributed by atoms with E-state index in [0.717, 1.165) is 32.6 Å². The van der Waals surface area contributed by atoms with Gasteiger partial charge in [0.25, 0.3) is 0 Å². The van der Waals surface area contributed by atoms with Gasteiger partial charge in [0.15, 0.2) is 0 Å². The number of hydrogen-bond acceptors (Lipinski definition) is 2. The molecule has 27 heavy (non-hydrogen) atoms. The molecule has 0 spiro atoms. The maximum absolute atomic E-state index is 4.27. The third-order valence-electron chi connectivity index (χ3n) is 5.07. The second-order valence-corrected chi connectivity index (χ2v) is 6.89. The highest BCUT2D eigenvalue weighted by atomic mass is 15.2. The Hall–Kier alpha value is -2.62. The van der Waals surface area contributed by atoms with E-state index in [0.29, 0.717) is 0 Å². The van der Waals surface area contributed by atoms with Crippen LogP contribution in [0.5, 0.6) is 0 Å². The van der Waals surface area contributed by atoms with Gasteiger partial charge in [0.05, 0.1) is 19.9 Å². The molecular weight excluding hydrogens is 332 g/mol. The van der Waals surface area contributed by atoms with Crippen molar-refractivity contribution in [1.82, 2.24) is 9.80 Å². The first kappa shape index (κ1) is 20.7. The van der Waals surface area contributed by atoms with E-state index >= 15 is 0 Å². The molecule has 0 radical (unpaired) electrons. The first-order valence-corrected chi connectivity index (χ1v) is 9.76. The average Bonchev–Trinajstić information content (AvgIpc) is 2.72. The summed E-state index contributed by atoms with van der Waals surface area (Å²) in [5, 5.41) is 0. The van der Waals surface area contributed by atoms with E-state index in [9.17, 15) is 0 Å². The van der Waals surface area contributed by atoms with E-state index in [1.165, 1.54) is 23.5 Å². The van der Waals surface area contributed by atoms with Crippen molar-refractivity contribution in [1.29, 1.82) is 0 Å². The number of rotatable bonds is 10. The van der Waals surface area contributed by atoms with Gasteiger partial charge in [-0.3, -0.25) is 12.8 Å². The van der Waals surface area contributed by atoms with Crippen LogP contribution in [0.15, 0.2) is 47.9 Å². The monoisotopic (exact) mass is 366 g/mol. The third kappa shape index (κ3) is 5.19. The Labute approximate surface area is 166 Å². The Balaban J connectivity index is 1.89. The minimum absolute atomic E-state index is 0.881. The Morgan fingerprint density at radius 2 is 1.26 bits per heavy atom. The highest BCUT2D eigenvalue weighted by Crippen LogP contribution is 2.25. The van der Waals surface area contributed by atoms with Crippen molar-refractivity contribution in [3.63, 3.8) is 0 Å². The molecule has 2 aliphatic carbocycles. The summed E-state index contributed by atoms with van der Waals surface area (Å²) >= 11 is 0. The Morgan fingerprint density at radius 3 is 1.63 bits per heavy atom. The Bertz CT molecular complexity index is 597. The fourth-order valence-corrected chi connectivity index (χ4v) is 3.14. The molecular formula is C23H34N4-2. The predicted molar refractivity (Wildman–Crippen MR) is 115 cm³/mol. The van der Waals surface area contributed by atoms with Crippen LogP contribution in [0.1, 0.15) is 20.3 Å². The average molecular weight is 367 g/mol. The highest BCUT2D eigenvalue weighted by molar-refractivity contribution is 5.39. The van der Waals surface area contributed by atoms with Crippen LogP contribution < -0.4 is 0 Å². The zero-order valence-corrected chi connectivity index (χ0v) is 17.4. The van der Waals surface area contributed by atoms with Crippen LogP contribution in [0.3, 0.4) is 0 Å². The smallest absolute Gasteiger partial charge is 0.135 e. The van der Waals surface area contributed by atoms with Crippen LogP contribution in [0.4, 0.5) is 0 Å². The minimum Gasteiger partial charge on any atom is -0.437 e. The van der Waals surface area contributed by atoms with Gasteiger partial charge in [0.1, 0.15) is 13.1 Å². The SMILES string of the molecule is C=[N+](CCC[N+](=C)[C-]1C=C[CH-]C=C1N(C)CC)[C-]1C=C[CH-]C=C1N(C)CC. The van der Waals surface area contributed by atoms with Crippen LogP contribution in [-0.2, 0) is 0 Å². The molecule has 0 N–H and O–H groups in total. The summed E-state index contributed by atoms with van der Waals surface area (Å²) in [5.41, 5.74) is 2.44. The molecule has 0 aromatic heterocycles. The fraction of sp³-hybridized carbons (Fsp3) is 0.391. The molecule has 4 heteroatoms. The standard InChI is InChI=1S/C23H34N4/c1-7-24(3)20-14-9-11-16-22(20)26(5)18-13-19-27(6)23-17-12-10-15-21(23)25(4)8-2/h9-12,14-17H,5-8,13,18-19H2,1-4H3/q-2. The molecule has 0 aromatic carbocycles. The molecule has 2 aliphatic rings. The van der Waals surface area contributed by atoms with Crippen molar-refractivity contribution < 1.29 is 9.15 Å². The lowest BCUT2D eigenvalue weighted by Gasteiger charge is -2.38. The molecule has 4 nitrogen and oxygen atoms in total. The Morgan fingerprint density at radius 1 is 0.852 bits per heavy atom. The molecule has 148 valence electrons. The zero-order chi connectivity index (χ0) is 19.8. The quantitative estimate of drug-likeness (QED) is 0.335. The van der Waals surface area contributed by atoms with Gasteiger partial charge in [-0.25, -0.2) is 24.3 Å². The van der Waals surface area contributed by atoms with E-state index in [-0.39, 0.29) is 0 Å². The van der Waals surface area contributed by atoms with Crippen LogP contribution >= 0.6 is 0 Å². The van der Waals surface area contributed by atoms with Gasteiger partial charge in [-0.15, -0.1) is 0 Å². The number of nitrogens with zero attached hydrogens (tertiary/aromatic N) is 4. The summed E-state index contributed by atoms with van der Waals surface area (Å²) in [4.78, 5) is 4.50. The summed E-state index contributed by atoms with van der Waals surface area (Å²) in [6, 6.07) is 2.34. The largest absolute Gasteiger partial charge is 0.437 e. The maximum Gasteiger partial charge on any atom is 0.135 e. The van der Waals surface area contributed by atoms with Crippen molar-refractivity contribution in [3.8, 4) is 0 Å². The van der Waals surface area contributed by atoms with Crippen LogP contribution in [-0.4, -0.2) is 72.7 Å². The molecule has 2 rings (SSSR count). The first-order chi connectivity index (χ1) is 13.0. The van der Waals surface area contributed by atoms with Gasteiger partial charge in [-0.1, -0.05) is 11.4 Å². The van der Waals surface area contributed by atoms with E-state index < -0.39 is 0 Å². The molecule has 0 unspecified atom stereocenters. The molecule has 0 fully saturated rings. The highest BCUT2D eigenvalue weighted by Gasteiger charge is 2.16. The zero-order valence-electron chi connectivity index (χ0n) is 17.4. The van der Waals surface area contributed by atoms with Gasteiger partial charge < -0.3 is 19.0 Å². The molecule has 0 aliphatic heterocycles. The molecule has 0 saturated carbocycles. The molecule has 0 atom stereocenters. The molecule has 0 amide bonds. The van der Waals surface area contributed by atoms with E-state index in [4.69, 9.17) is 0 Å². The lowest BCUT2D eigenvalue weighted by molar-refractivity contribution is -0.523. The van der Waals surface area contributed by atoms with Crippen molar-refractivity contribution in [3.05, 3.63) is 72.8 Å². The van der Waals surface area contributed by atoms with Gasteiger partial charge >= 0.3 is 0 Å². The maximum atomic E-state index is 4.27. The van der Waals surface area contributed by atoms with Crippen LogP contribution in [0.2, 0.25) is 0 Å². The fourth-order valence-electron chi connectivity index (χ4n) is 3.14.